The molecule has 0 heterocycles. The Labute approximate surface area is 124 Å². The highest BCUT2D eigenvalue weighted by molar-refractivity contribution is 8.13. The number of rotatable bonds is 7. The van der Waals surface area contributed by atoms with Crippen molar-refractivity contribution in [3.05, 3.63) is 28.8 Å². The number of ether oxygens (including phenoxy) is 1. The highest BCUT2D eigenvalue weighted by Crippen LogP contribution is 2.22. The van der Waals surface area contributed by atoms with Gasteiger partial charge in [-0.2, -0.15) is 0 Å². The molecule has 0 saturated carbocycles. The molecule has 1 aromatic rings. The van der Waals surface area contributed by atoms with E-state index in [1.165, 1.54) is 0 Å². The van der Waals surface area contributed by atoms with E-state index in [9.17, 15) is 8.42 Å². The van der Waals surface area contributed by atoms with Crippen molar-refractivity contribution in [1.29, 1.82) is 0 Å². The Morgan fingerprint density at radius 2 is 2.05 bits per heavy atom. The maximum Gasteiger partial charge on any atom is 0.232 e. The van der Waals surface area contributed by atoms with Gasteiger partial charge in [0, 0.05) is 21.6 Å². The zero-order valence-corrected chi connectivity index (χ0v) is 13.4. The van der Waals surface area contributed by atoms with Crippen molar-refractivity contribution in [3.63, 3.8) is 0 Å². The van der Waals surface area contributed by atoms with Crippen LogP contribution in [0.25, 0.3) is 0 Å². The minimum Gasteiger partial charge on any atom is -0.493 e. The van der Waals surface area contributed by atoms with Crippen LogP contribution in [0.2, 0.25) is 5.02 Å². The Bertz CT molecular complexity index is 515. The summed E-state index contributed by atoms with van der Waals surface area (Å²) in [5.41, 5.74) is 0.927. The zero-order chi connectivity index (χ0) is 14.5. The van der Waals surface area contributed by atoms with Crippen molar-refractivity contribution in [3.8, 4) is 5.75 Å². The first-order chi connectivity index (χ1) is 8.81. The predicted octanol–water partition coefficient (Wildman–Crippen LogP) is 4.01. The van der Waals surface area contributed by atoms with Gasteiger partial charge in [-0.1, -0.05) is 24.9 Å². The van der Waals surface area contributed by atoms with Crippen LogP contribution in [0.4, 0.5) is 0 Å². The second kappa shape index (κ2) is 7.36. The monoisotopic (exact) mass is 324 g/mol. The van der Waals surface area contributed by atoms with Gasteiger partial charge in [0.15, 0.2) is 0 Å². The third-order valence-corrected chi connectivity index (χ3v) is 4.42. The van der Waals surface area contributed by atoms with Crippen LogP contribution in [0.3, 0.4) is 0 Å². The molecule has 3 nitrogen and oxygen atoms in total. The Kier molecular flexibility index (Phi) is 6.43. The Morgan fingerprint density at radius 3 is 2.58 bits per heavy atom. The largest absolute Gasteiger partial charge is 0.493 e. The lowest BCUT2D eigenvalue weighted by molar-refractivity contribution is 0.253. The molecule has 0 aromatic heterocycles. The number of hydrogen-bond acceptors (Lipinski definition) is 3. The summed E-state index contributed by atoms with van der Waals surface area (Å²) in [5, 5.41) is 0.681. The van der Waals surface area contributed by atoms with E-state index in [1.807, 2.05) is 19.9 Å². The van der Waals surface area contributed by atoms with Gasteiger partial charge in [0.05, 0.1) is 12.4 Å². The molecule has 19 heavy (non-hydrogen) atoms. The van der Waals surface area contributed by atoms with Gasteiger partial charge in [-0.05, 0) is 37.1 Å². The Hall–Kier alpha value is -0.450. The summed E-state index contributed by atoms with van der Waals surface area (Å²) in [4.78, 5) is 0. The Morgan fingerprint density at radius 1 is 1.37 bits per heavy atom. The SMILES string of the molecule is CCCC(COc1ccc(Cl)c(C)c1)CS(=O)(=O)Cl. The second-order valence-electron chi connectivity index (χ2n) is 4.58. The minimum absolute atomic E-state index is 0.0605. The summed E-state index contributed by atoms with van der Waals surface area (Å²) < 4.78 is 27.9. The maximum atomic E-state index is 11.1. The molecule has 0 fully saturated rings. The van der Waals surface area contributed by atoms with Crippen LogP contribution >= 0.6 is 22.3 Å². The number of halogens is 2. The van der Waals surface area contributed by atoms with E-state index in [0.717, 1.165) is 18.4 Å². The predicted molar refractivity (Wildman–Crippen MR) is 79.7 cm³/mol. The lowest BCUT2D eigenvalue weighted by atomic mass is 10.1. The quantitative estimate of drug-likeness (QED) is 0.711. The van der Waals surface area contributed by atoms with Gasteiger partial charge in [-0.25, -0.2) is 8.42 Å². The average Bonchev–Trinajstić information content (AvgIpc) is 2.29. The molecule has 0 saturated heterocycles. The molecular formula is C13H18Cl2O3S. The second-order valence-corrected chi connectivity index (χ2v) is 7.81. The van der Waals surface area contributed by atoms with Gasteiger partial charge < -0.3 is 4.74 Å². The van der Waals surface area contributed by atoms with E-state index in [4.69, 9.17) is 27.0 Å². The molecule has 0 N–H and O–H groups in total. The van der Waals surface area contributed by atoms with Crippen LogP contribution in [0.15, 0.2) is 18.2 Å². The van der Waals surface area contributed by atoms with Crippen LogP contribution in [0.5, 0.6) is 5.75 Å². The van der Waals surface area contributed by atoms with Gasteiger partial charge >= 0.3 is 0 Å². The molecule has 0 aliphatic carbocycles. The average molecular weight is 325 g/mol. The lowest BCUT2D eigenvalue weighted by Crippen LogP contribution is -2.19. The highest BCUT2D eigenvalue weighted by Gasteiger charge is 2.17. The molecule has 0 bridgehead atoms. The van der Waals surface area contributed by atoms with Gasteiger partial charge in [-0.15, -0.1) is 0 Å². The van der Waals surface area contributed by atoms with Gasteiger partial charge in [0.2, 0.25) is 9.05 Å². The molecule has 1 unspecified atom stereocenters. The summed E-state index contributed by atoms with van der Waals surface area (Å²) in [6, 6.07) is 5.37. The molecule has 1 atom stereocenters. The van der Waals surface area contributed by atoms with Crippen LogP contribution in [-0.4, -0.2) is 20.8 Å². The van der Waals surface area contributed by atoms with Gasteiger partial charge in [-0.3, -0.25) is 0 Å². The minimum atomic E-state index is -3.49. The summed E-state index contributed by atoms with van der Waals surface area (Å²) >= 11 is 5.93. The molecule has 0 aliphatic rings. The summed E-state index contributed by atoms with van der Waals surface area (Å²) in [6.07, 6.45) is 1.65. The van der Waals surface area contributed by atoms with Crippen molar-refractivity contribution in [2.75, 3.05) is 12.4 Å². The topological polar surface area (TPSA) is 43.4 Å². The van der Waals surface area contributed by atoms with E-state index >= 15 is 0 Å². The van der Waals surface area contributed by atoms with Crippen molar-refractivity contribution < 1.29 is 13.2 Å². The number of benzene rings is 1. The zero-order valence-electron chi connectivity index (χ0n) is 11.0. The van der Waals surface area contributed by atoms with Crippen molar-refractivity contribution in [2.45, 2.75) is 26.7 Å². The van der Waals surface area contributed by atoms with E-state index in [0.29, 0.717) is 17.4 Å². The fourth-order valence-electron chi connectivity index (χ4n) is 1.83. The van der Waals surface area contributed by atoms with Crippen LogP contribution in [0, 0.1) is 12.8 Å². The van der Waals surface area contributed by atoms with Crippen LogP contribution in [-0.2, 0) is 9.05 Å². The summed E-state index contributed by atoms with van der Waals surface area (Å²) in [5.74, 6) is 0.535. The smallest absolute Gasteiger partial charge is 0.232 e. The fraction of sp³-hybridized carbons (Fsp3) is 0.538. The first kappa shape index (κ1) is 16.6. The molecule has 108 valence electrons. The number of hydrogen-bond donors (Lipinski definition) is 0. The van der Waals surface area contributed by atoms with Crippen molar-refractivity contribution >= 4 is 31.3 Å². The van der Waals surface area contributed by atoms with E-state index < -0.39 is 9.05 Å². The molecule has 0 aliphatic heterocycles. The molecule has 0 spiro atoms. The third-order valence-electron chi connectivity index (χ3n) is 2.75. The molecular weight excluding hydrogens is 307 g/mol. The summed E-state index contributed by atoms with van der Waals surface area (Å²) in [6.45, 7) is 4.23. The summed E-state index contributed by atoms with van der Waals surface area (Å²) in [7, 11) is 1.80. The lowest BCUT2D eigenvalue weighted by Gasteiger charge is -2.16. The normalized spacial score (nSPS) is 13.3. The molecule has 0 radical (unpaired) electrons. The third kappa shape index (κ3) is 6.50. The Balaban J connectivity index is 2.62. The van der Waals surface area contributed by atoms with E-state index in [-0.39, 0.29) is 11.7 Å². The standard InChI is InChI=1S/C13H18Cl2O3S/c1-3-4-11(9-19(15,16)17)8-18-12-5-6-13(14)10(2)7-12/h5-7,11H,3-4,8-9H2,1-2H3. The van der Waals surface area contributed by atoms with E-state index in [2.05, 4.69) is 0 Å². The van der Waals surface area contributed by atoms with Crippen LogP contribution in [0.1, 0.15) is 25.3 Å². The van der Waals surface area contributed by atoms with Crippen LogP contribution < -0.4 is 4.74 Å². The van der Waals surface area contributed by atoms with Gasteiger partial charge in [0.1, 0.15) is 5.75 Å². The van der Waals surface area contributed by atoms with Gasteiger partial charge in [0.25, 0.3) is 0 Å². The fourth-order valence-corrected chi connectivity index (χ4v) is 3.30. The first-order valence-electron chi connectivity index (χ1n) is 6.13. The highest BCUT2D eigenvalue weighted by atomic mass is 35.7. The maximum absolute atomic E-state index is 11.1. The van der Waals surface area contributed by atoms with Crippen molar-refractivity contribution in [2.24, 2.45) is 5.92 Å². The molecule has 6 heteroatoms. The van der Waals surface area contributed by atoms with Crippen molar-refractivity contribution in [1.82, 2.24) is 0 Å². The molecule has 0 amide bonds. The molecule has 1 rings (SSSR count). The molecule has 1 aromatic carbocycles. The first-order valence-corrected chi connectivity index (χ1v) is 8.98. The van der Waals surface area contributed by atoms with E-state index in [1.54, 1.807) is 12.1 Å². The number of aryl methyl sites for hydroxylation is 1.